The van der Waals surface area contributed by atoms with Crippen molar-refractivity contribution >= 4 is 53.3 Å². The number of rotatable bonds is 6. The Hall–Kier alpha value is -7.21. The molecule has 8 aromatic carbocycles. The van der Waals surface area contributed by atoms with Gasteiger partial charge in [-0.1, -0.05) is 164 Å². The lowest BCUT2D eigenvalue weighted by molar-refractivity contribution is 1.07. The first-order chi connectivity index (χ1) is 27.7. The van der Waals surface area contributed by atoms with E-state index in [1.807, 2.05) is 47.7 Å². The van der Waals surface area contributed by atoms with Crippen LogP contribution in [0.1, 0.15) is 0 Å². The van der Waals surface area contributed by atoms with Gasteiger partial charge in [-0.3, -0.25) is 0 Å². The fraction of sp³-hybridized carbons (Fsp3) is 0. The number of thiophene rings is 1. The molecule has 0 aliphatic heterocycles. The van der Waals surface area contributed by atoms with Crippen LogP contribution in [0.15, 0.2) is 194 Å². The number of nitrogens with zero attached hydrogens (tertiary/aromatic N) is 4. The Morgan fingerprint density at radius 3 is 1.55 bits per heavy atom. The van der Waals surface area contributed by atoms with E-state index in [4.69, 9.17) is 15.0 Å². The van der Waals surface area contributed by atoms with Crippen molar-refractivity contribution in [3.8, 4) is 62.1 Å². The number of benzene rings is 8. The van der Waals surface area contributed by atoms with Crippen molar-refractivity contribution in [2.24, 2.45) is 0 Å². The van der Waals surface area contributed by atoms with Crippen molar-refractivity contribution in [1.29, 1.82) is 0 Å². The summed E-state index contributed by atoms with van der Waals surface area (Å²) in [5.74, 6) is 1.96. The summed E-state index contributed by atoms with van der Waals surface area (Å²) in [7, 11) is 0. The monoisotopic (exact) mass is 732 g/mol. The third-order valence-corrected chi connectivity index (χ3v) is 11.8. The second-order valence-corrected chi connectivity index (χ2v) is 15.1. The highest BCUT2D eigenvalue weighted by molar-refractivity contribution is 7.25. The summed E-state index contributed by atoms with van der Waals surface area (Å²) in [5, 5.41) is 4.99. The minimum Gasteiger partial charge on any atom is -0.309 e. The van der Waals surface area contributed by atoms with Gasteiger partial charge in [0.25, 0.3) is 0 Å². The third kappa shape index (κ3) is 5.48. The largest absolute Gasteiger partial charge is 0.309 e. The van der Waals surface area contributed by atoms with E-state index in [1.54, 1.807) is 0 Å². The molecule has 262 valence electrons. The SMILES string of the molecule is c1ccc(-c2ccc(-c3nc(-c4ccccc4)nc(-c4ccc5c(c4)sc4cc(-n6c7ccccc7c7c(-c8ccccc8)cccc76)ccc45)n3)cc2)cc1. The van der Waals surface area contributed by atoms with Crippen molar-refractivity contribution < 1.29 is 0 Å². The van der Waals surface area contributed by atoms with Gasteiger partial charge in [0.2, 0.25) is 0 Å². The van der Waals surface area contributed by atoms with Gasteiger partial charge in [-0.25, -0.2) is 15.0 Å². The van der Waals surface area contributed by atoms with E-state index in [0.29, 0.717) is 17.5 Å². The highest BCUT2D eigenvalue weighted by atomic mass is 32.1. The average Bonchev–Trinajstić information content (AvgIpc) is 3.82. The molecule has 0 aliphatic carbocycles. The van der Waals surface area contributed by atoms with Gasteiger partial charge >= 0.3 is 0 Å². The second-order valence-electron chi connectivity index (χ2n) is 14.0. The molecule has 0 amide bonds. The summed E-state index contributed by atoms with van der Waals surface area (Å²) < 4.78 is 4.84. The molecule has 0 aliphatic rings. The van der Waals surface area contributed by atoms with Crippen molar-refractivity contribution in [3.05, 3.63) is 194 Å². The van der Waals surface area contributed by atoms with E-state index in [2.05, 4.69) is 162 Å². The Morgan fingerprint density at radius 1 is 0.339 bits per heavy atom. The minimum absolute atomic E-state index is 0.649. The standard InChI is InChI=1S/C51H32N4S/c1-4-13-33(14-5-1)34-23-25-37(26-24-34)50-52-49(36-17-8-3-9-18-36)53-51(54-50)38-27-29-41-42-30-28-39(32-47(42)56-46(41)31-38)55-44-21-11-10-19-43(44)48-40(20-12-22-45(48)55)35-15-6-2-7-16-35/h1-32H. The lowest BCUT2D eigenvalue weighted by Crippen LogP contribution is -2.00. The normalized spacial score (nSPS) is 11.6. The second kappa shape index (κ2) is 13.3. The van der Waals surface area contributed by atoms with Crippen molar-refractivity contribution in [3.63, 3.8) is 0 Å². The summed E-state index contributed by atoms with van der Waals surface area (Å²) >= 11 is 1.81. The van der Waals surface area contributed by atoms with E-state index >= 15 is 0 Å². The number of para-hydroxylation sites is 1. The molecule has 11 rings (SSSR count). The van der Waals surface area contributed by atoms with Gasteiger partial charge in [0, 0.05) is 53.3 Å². The molecule has 4 nitrogen and oxygen atoms in total. The topological polar surface area (TPSA) is 43.6 Å². The van der Waals surface area contributed by atoms with Crippen molar-refractivity contribution in [1.82, 2.24) is 19.5 Å². The Balaban J connectivity index is 1.02. The van der Waals surface area contributed by atoms with Crippen molar-refractivity contribution in [2.75, 3.05) is 0 Å². The zero-order valence-electron chi connectivity index (χ0n) is 30.2. The maximum atomic E-state index is 5.08. The first-order valence-electron chi connectivity index (χ1n) is 18.8. The van der Waals surface area contributed by atoms with Gasteiger partial charge in [0.15, 0.2) is 17.5 Å². The number of aromatic nitrogens is 4. The van der Waals surface area contributed by atoms with Crippen LogP contribution in [0.5, 0.6) is 0 Å². The predicted octanol–water partition coefficient (Wildman–Crippen LogP) is 13.7. The molecule has 0 atom stereocenters. The molecule has 0 spiro atoms. The van der Waals surface area contributed by atoms with Gasteiger partial charge < -0.3 is 4.57 Å². The third-order valence-electron chi connectivity index (χ3n) is 10.7. The molecule has 0 saturated heterocycles. The summed E-state index contributed by atoms with van der Waals surface area (Å²) in [4.78, 5) is 15.1. The van der Waals surface area contributed by atoms with E-state index in [1.165, 1.54) is 58.7 Å². The van der Waals surface area contributed by atoms with Gasteiger partial charge in [-0.05, 0) is 52.6 Å². The molecule has 5 heteroatoms. The molecule has 0 fully saturated rings. The summed E-state index contributed by atoms with van der Waals surface area (Å²) in [6, 6.07) is 68.6. The molecule has 0 radical (unpaired) electrons. The van der Waals surface area contributed by atoms with Crippen LogP contribution in [0.2, 0.25) is 0 Å². The van der Waals surface area contributed by atoms with E-state index in [0.717, 1.165) is 27.9 Å². The zero-order valence-corrected chi connectivity index (χ0v) is 31.0. The molecule has 0 N–H and O–H groups in total. The number of hydrogen-bond donors (Lipinski definition) is 0. The quantitative estimate of drug-likeness (QED) is 0.171. The van der Waals surface area contributed by atoms with Crippen LogP contribution in [0, 0.1) is 0 Å². The summed E-state index contributed by atoms with van der Waals surface area (Å²) in [5.41, 5.74) is 11.2. The number of fused-ring (bicyclic) bond motifs is 6. The van der Waals surface area contributed by atoms with Crippen LogP contribution in [0.4, 0.5) is 0 Å². The average molecular weight is 733 g/mol. The summed E-state index contributed by atoms with van der Waals surface area (Å²) in [6.45, 7) is 0. The Morgan fingerprint density at radius 2 is 0.839 bits per heavy atom. The molecule has 0 bridgehead atoms. The highest BCUT2D eigenvalue weighted by Gasteiger charge is 2.18. The first kappa shape index (κ1) is 32.2. The molecular formula is C51H32N4S. The molecule has 0 unspecified atom stereocenters. The first-order valence-corrected chi connectivity index (χ1v) is 19.6. The van der Waals surface area contributed by atoms with Crippen LogP contribution in [-0.2, 0) is 0 Å². The summed E-state index contributed by atoms with van der Waals surface area (Å²) in [6.07, 6.45) is 0. The zero-order chi connectivity index (χ0) is 37.0. The Bertz CT molecular complexity index is 3220. The Kier molecular flexibility index (Phi) is 7.64. The smallest absolute Gasteiger partial charge is 0.164 e. The number of hydrogen-bond acceptors (Lipinski definition) is 4. The van der Waals surface area contributed by atoms with Crippen LogP contribution in [0.3, 0.4) is 0 Å². The molecule has 3 aromatic heterocycles. The molecule has 11 aromatic rings. The molecule has 0 saturated carbocycles. The minimum atomic E-state index is 0.649. The Labute approximate surface area is 327 Å². The van der Waals surface area contributed by atoms with E-state index in [9.17, 15) is 0 Å². The van der Waals surface area contributed by atoms with E-state index < -0.39 is 0 Å². The molecule has 56 heavy (non-hydrogen) atoms. The lowest BCUT2D eigenvalue weighted by Gasteiger charge is -2.09. The van der Waals surface area contributed by atoms with Crippen LogP contribution < -0.4 is 0 Å². The maximum Gasteiger partial charge on any atom is 0.164 e. The lowest BCUT2D eigenvalue weighted by atomic mass is 9.99. The fourth-order valence-electron chi connectivity index (χ4n) is 7.99. The van der Waals surface area contributed by atoms with Gasteiger partial charge in [0.1, 0.15) is 0 Å². The van der Waals surface area contributed by atoms with Crippen LogP contribution in [-0.4, -0.2) is 19.5 Å². The van der Waals surface area contributed by atoms with Crippen LogP contribution in [0.25, 0.3) is 104 Å². The molecular weight excluding hydrogens is 701 g/mol. The molecule has 3 heterocycles. The predicted molar refractivity (Wildman–Crippen MR) is 234 cm³/mol. The maximum absolute atomic E-state index is 5.08. The van der Waals surface area contributed by atoms with E-state index in [-0.39, 0.29) is 0 Å². The van der Waals surface area contributed by atoms with Gasteiger partial charge in [-0.2, -0.15) is 0 Å². The van der Waals surface area contributed by atoms with Crippen LogP contribution >= 0.6 is 11.3 Å². The van der Waals surface area contributed by atoms with Gasteiger partial charge in [0.05, 0.1) is 11.0 Å². The fourth-order valence-corrected chi connectivity index (χ4v) is 9.17. The highest BCUT2D eigenvalue weighted by Crippen LogP contribution is 2.41. The van der Waals surface area contributed by atoms with Gasteiger partial charge in [-0.15, -0.1) is 11.3 Å². The van der Waals surface area contributed by atoms with Crippen molar-refractivity contribution in [2.45, 2.75) is 0 Å².